The Kier molecular flexibility index (Phi) is 4.37. The van der Waals surface area contributed by atoms with E-state index in [-0.39, 0.29) is 0 Å². The maximum atomic E-state index is 4.44. The summed E-state index contributed by atoms with van der Waals surface area (Å²) in [7, 11) is 1.85. The Bertz CT molecular complexity index is 672. The van der Waals surface area contributed by atoms with E-state index in [2.05, 4.69) is 58.4 Å². The van der Waals surface area contributed by atoms with Gasteiger partial charge in [-0.15, -0.1) is 0 Å². The van der Waals surface area contributed by atoms with Crippen LogP contribution in [0.5, 0.6) is 0 Å². The van der Waals surface area contributed by atoms with Crippen LogP contribution in [-0.4, -0.2) is 40.8 Å². The van der Waals surface area contributed by atoms with Gasteiger partial charge in [-0.25, -0.2) is 4.68 Å². The lowest BCUT2D eigenvalue weighted by molar-refractivity contribution is 0.370. The second-order valence-corrected chi connectivity index (χ2v) is 6.86. The fourth-order valence-electron chi connectivity index (χ4n) is 3.04. The molecule has 0 bridgehead atoms. The predicted molar refractivity (Wildman–Crippen MR) is 93.7 cm³/mol. The molecule has 5 nitrogen and oxygen atoms in total. The summed E-state index contributed by atoms with van der Waals surface area (Å²) in [5, 5.41) is 7.77. The number of guanidine groups is 1. The van der Waals surface area contributed by atoms with Crippen molar-refractivity contribution in [3.05, 3.63) is 48.3 Å². The summed E-state index contributed by atoms with van der Waals surface area (Å²) in [6.45, 7) is 7.51. The molecule has 1 aromatic carbocycles. The molecule has 23 heavy (non-hydrogen) atoms. The molecular weight excluding hydrogens is 286 g/mol. The van der Waals surface area contributed by atoms with Crippen LogP contribution in [0.2, 0.25) is 0 Å². The topological polar surface area (TPSA) is 45.5 Å². The fourth-order valence-corrected chi connectivity index (χ4v) is 3.04. The molecule has 0 atom stereocenters. The molecule has 3 rings (SSSR count). The zero-order valence-corrected chi connectivity index (χ0v) is 14.2. The van der Waals surface area contributed by atoms with Gasteiger partial charge in [-0.2, -0.15) is 5.10 Å². The molecule has 0 amide bonds. The number of hydrogen-bond acceptors (Lipinski definition) is 2. The van der Waals surface area contributed by atoms with Gasteiger partial charge >= 0.3 is 0 Å². The van der Waals surface area contributed by atoms with Gasteiger partial charge in [0.25, 0.3) is 0 Å². The highest BCUT2D eigenvalue weighted by Gasteiger charge is 2.30. The van der Waals surface area contributed by atoms with Crippen molar-refractivity contribution in [3.8, 4) is 5.69 Å². The first-order chi connectivity index (χ1) is 11.1. The van der Waals surface area contributed by atoms with Crippen LogP contribution >= 0.6 is 0 Å². The van der Waals surface area contributed by atoms with Gasteiger partial charge in [0.05, 0.1) is 5.69 Å². The van der Waals surface area contributed by atoms with Crippen molar-refractivity contribution < 1.29 is 0 Å². The Morgan fingerprint density at radius 1 is 1.35 bits per heavy atom. The van der Waals surface area contributed by atoms with Crippen molar-refractivity contribution in [2.45, 2.75) is 26.8 Å². The number of hydrogen-bond donors (Lipinski definition) is 1. The summed E-state index contributed by atoms with van der Waals surface area (Å²) in [4.78, 5) is 6.78. The average Bonchev–Trinajstić information content (AvgIpc) is 3.18. The van der Waals surface area contributed by atoms with Gasteiger partial charge in [-0.3, -0.25) is 4.99 Å². The Hall–Kier alpha value is -2.30. The van der Waals surface area contributed by atoms with Gasteiger partial charge < -0.3 is 10.2 Å². The van der Waals surface area contributed by atoms with E-state index in [4.69, 9.17) is 0 Å². The number of rotatable bonds is 3. The van der Waals surface area contributed by atoms with Crippen LogP contribution in [0.25, 0.3) is 5.69 Å². The summed E-state index contributed by atoms with van der Waals surface area (Å²) in [5.41, 5.74) is 2.67. The molecule has 1 aliphatic rings. The smallest absolute Gasteiger partial charge is 0.193 e. The number of nitrogens with one attached hydrogen (secondary N) is 1. The van der Waals surface area contributed by atoms with Crippen molar-refractivity contribution >= 4 is 5.96 Å². The van der Waals surface area contributed by atoms with Crippen LogP contribution in [0.4, 0.5) is 0 Å². The Morgan fingerprint density at radius 2 is 2.22 bits per heavy atom. The third-order valence-corrected chi connectivity index (χ3v) is 4.32. The molecule has 1 saturated heterocycles. The zero-order valence-electron chi connectivity index (χ0n) is 14.2. The molecule has 0 radical (unpaired) electrons. The minimum absolute atomic E-state index is 0.373. The monoisotopic (exact) mass is 311 g/mol. The summed E-state index contributed by atoms with van der Waals surface area (Å²) >= 11 is 0. The fraction of sp³-hybridized carbons (Fsp3) is 0.444. The van der Waals surface area contributed by atoms with E-state index < -0.39 is 0 Å². The van der Waals surface area contributed by atoms with Crippen LogP contribution in [0.3, 0.4) is 0 Å². The van der Waals surface area contributed by atoms with Gasteiger partial charge in [0, 0.05) is 39.1 Å². The molecule has 5 heteroatoms. The molecule has 0 saturated carbocycles. The predicted octanol–water partition coefficient (Wildman–Crippen LogP) is 2.68. The summed E-state index contributed by atoms with van der Waals surface area (Å²) in [6.07, 6.45) is 4.96. The van der Waals surface area contributed by atoms with Crippen molar-refractivity contribution in [2.24, 2.45) is 10.4 Å². The average molecular weight is 311 g/mol. The third-order valence-electron chi connectivity index (χ3n) is 4.32. The quantitative estimate of drug-likeness (QED) is 0.700. The standard InChI is InChI=1S/C18H25N5/c1-18(2)8-11-22(14-18)17(19-3)20-13-15-6-4-7-16(12-15)23-10-5-9-21-23/h4-7,9-10,12H,8,11,13-14H2,1-3H3,(H,19,20). The number of benzene rings is 1. The Balaban J connectivity index is 1.65. The molecule has 0 spiro atoms. The first-order valence-electron chi connectivity index (χ1n) is 8.12. The van der Waals surface area contributed by atoms with Crippen LogP contribution in [0, 0.1) is 5.41 Å². The lowest BCUT2D eigenvalue weighted by atomic mass is 9.93. The van der Waals surface area contributed by atoms with Crippen molar-refractivity contribution in [2.75, 3.05) is 20.1 Å². The van der Waals surface area contributed by atoms with Crippen LogP contribution < -0.4 is 5.32 Å². The summed E-state index contributed by atoms with van der Waals surface area (Å²) < 4.78 is 1.88. The number of likely N-dealkylation sites (tertiary alicyclic amines) is 1. The van der Waals surface area contributed by atoms with E-state index in [1.165, 1.54) is 12.0 Å². The van der Waals surface area contributed by atoms with Gasteiger partial charge in [0.15, 0.2) is 5.96 Å². The first-order valence-corrected chi connectivity index (χ1v) is 8.12. The SMILES string of the molecule is CN=C(NCc1cccc(-n2cccn2)c1)N1CCC(C)(C)C1. The number of aliphatic imine (C=N–C) groups is 1. The van der Waals surface area contributed by atoms with E-state index in [1.807, 2.05) is 24.0 Å². The van der Waals surface area contributed by atoms with Crippen molar-refractivity contribution in [3.63, 3.8) is 0 Å². The number of aromatic nitrogens is 2. The van der Waals surface area contributed by atoms with Gasteiger partial charge in [-0.05, 0) is 35.6 Å². The summed E-state index contributed by atoms with van der Waals surface area (Å²) in [5.74, 6) is 0.986. The molecular formula is C18H25N5. The van der Waals surface area contributed by atoms with Gasteiger partial charge in [-0.1, -0.05) is 26.0 Å². The van der Waals surface area contributed by atoms with Gasteiger partial charge in [0.1, 0.15) is 0 Å². The van der Waals surface area contributed by atoms with E-state index in [1.54, 1.807) is 6.20 Å². The van der Waals surface area contributed by atoms with Crippen molar-refractivity contribution in [1.82, 2.24) is 20.0 Å². The van der Waals surface area contributed by atoms with Gasteiger partial charge in [0.2, 0.25) is 0 Å². The number of nitrogens with zero attached hydrogens (tertiary/aromatic N) is 4. The highest BCUT2D eigenvalue weighted by atomic mass is 15.3. The molecule has 2 heterocycles. The first kappa shape index (κ1) is 15.6. The lowest BCUT2D eigenvalue weighted by Crippen LogP contribution is -2.40. The minimum Gasteiger partial charge on any atom is -0.352 e. The highest BCUT2D eigenvalue weighted by Crippen LogP contribution is 2.28. The van der Waals surface area contributed by atoms with Crippen molar-refractivity contribution in [1.29, 1.82) is 0 Å². The molecule has 1 fully saturated rings. The Morgan fingerprint density at radius 3 is 2.87 bits per heavy atom. The van der Waals surface area contributed by atoms with Crippen LogP contribution in [0.15, 0.2) is 47.7 Å². The van der Waals surface area contributed by atoms with E-state index in [0.29, 0.717) is 5.41 Å². The second kappa shape index (κ2) is 6.44. The van der Waals surface area contributed by atoms with Crippen LogP contribution in [-0.2, 0) is 6.54 Å². The summed E-state index contributed by atoms with van der Waals surface area (Å²) in [6, 6.07) is 10.3. The minimum atomic E-state index is 0.373. The maximum absolute atomic E-state index is 4.44. The molecule has 122 valence electrons. The second-order valence-electron chi connectivity index (χ2n) is 6.86. The molecule has 1 aromatic heterocycles. The lowest BCUT2D eigenvalue weighted by Gasteiger charge is -2.23. The molecule has 1 N–H and O–H groups in total. The Labute approximate surface area is 138 Å². The highest BCUT2D eigenvalue weighted by molar-refractivity contribution is 5.80. The molecule has 0 aliphatic carbocycles. The largest absolute Gasteiger partial charge is 0.352 e. The molecule has 0 unspecified atom stereocenters. The maximum Gasteiger partial charge on any atom is 0.193 e. The van der Waals surface area contributed by atoms with Crippen LogP contribution in [0.1, 0.15) is 25.8 Å². The normalized spacial score (nSPS) is 17.5. The third kappa shape index (κ3) is 3.73. The zero-order chi connectivity index (χ0) is 16.3. The van der Waals surface area contributed by atoms with E-state index >= 15 is 0 Å². The van der Waals surface area contributed by atoms with E-state index in [9.17, 15) is 0 Å². The molecule has 2 aromatic rings. The van der Waals surface area contributed by atoms with E-state index in [0.717, 1.165) is 31.3 Å². The molecule has 1 aliphatic heterocycles.